The van der Waals surface area contributed by atoms with Gasteiger partial charge in [0.1, 0.15) is 5.75 Å². The molecule has 134 valence electrons. The normalized spacial score (nSPS) is 10.2. The minimum atomic E-state index is -0.0697. The van der Waals surface area contributed by atoms with Crippen LogP contribution >= 0.6 is 0 Å². The number of amides is 1. The molecule has 0 aliphatic heterocycles. The van der Waals surface area contributed by atoms with Gasteiger partial charge in [0, 0.05) is 36.8 Å². The molecule has 6 heteroatoms. The summed E-state index contributed by atoms with van der Waals surface area (Å²) in [7, 11) is 4.78. The van der Waals surface area contributed by atoms with Crippen LogP contribution in [0.4, 0.5) is 5.69 Å². The molecule has 0 fully saturated rings. The highest BCUT2D eigenvalue weighted by atomic mass is 16.5. The molecule has 0 aromatic heterocycles. The van der Waals surface area contributed by atoms with Crippen LogP contribution in [0.2, 0.25) is 0 Å². The monoisotopic (exact) mass is 344 g/mol. The van der Waals surface area contributed by atoms with Gasteiger partial charge in [0.2, 0.25) is 5.91 Å². The van der Waals surface area contributed by atoms with Gasteiger partial charge in [-0.15, -0.1) is 0 Å². The Balaban J connectivity index is 1.79. The Labute approximate surface area is 148 Å². The standard InChI is InChI=1S/C19H24N2O4/c1-23-16-7-5-4-6-14(16)13-20-11-10-19(22)21-15-8-9-17(24-2)18(12-15)25-3/h4-9,12,20H,10-11,13H2,1-3H3,(H,21,22). The summed E-state index contributed by atoms with van der Waals surface area (Å²) >= 11 is 0. The molecule has 2 rings (SSSR count). The van der Waals surface area contributed by atoms with Crippen LogP contribution in [-0.2, 0) is 11.3 Å². The Morgan fingerprint density at radius 2 is 1.64 bits per heavy atom. The van der Waals surface area contributed by atoms with E-state index in [1.165, 1.54) is 0 Å². The molecule has 2 N–H and O–H groups in total. The van der Waals surface area contributed by atoms with Gasteiger partial charge in [0.15, 0.2) is 11.5 Å². The second-order valence-electron chi connectivity index (χ2n) is 5.36. The van der Waals surface area contributed by atoms with Gasteiger partial charge in [-0.25, -0.2) is 0 Å². The molecule has 0 bridgehead atoms. The average Bonchev–Trinajstić information content (AvgIpc) is 2.65. The largest absolute Gasteiger partial charge is 0.496 e. The topological polar surface area (TPSA) is 68.8 Å². The number of anilines is 1. The lowest BCUT2D eigenvalue weighted by Gasteiger charge is -2.11. The second kappa shape index (κ2) is 9.54. The number of benzene rings is 2. The maximum atomic E-state index is 12.1. The van der Waals surface area contributed by atoms with Crippen molar-refractivity contribution in [2.75, 3.05) is 33.2 Å². The van der Waals surface area contributed by atoms with Crippen molar-refractivity contribution in [1.29, 1.82) is 0 Å². The summed E-state index contributed by atoms with van der Waals surface area (Å²) < 4.78 is 15.7. The van der Waals surface area contributed by atoms with E-state index in [2.05, 4.69) is 10.6 Å². The molecule has 6 nitrogen and oxygen atoms in total. The molecule has 0 aliphatic rings. The van der Waals surface area contributed by atoms with Crippen LogP contribution in [0, 0.1) is 0 Å². The third-order valence-corrected chi connectivity index (χ3v) is 3.70. The molecule has 0 saturated carbocycles. The van der Waals surface area contributed by atoms with Crippen LogP contribution in [0.3, 0.4) is 0 Å². The lowest BCUT2D eigenvalue weighted by Crippen LogP contribution is -2.21. The molecule has 2 aromatic carbocycles. The van der Waals surface area contributed by atoms with Gasteiger partial charge in [0.05, 0.1) is 21.3 Å². The highest BCUT2D eigenvalue weighted by Gasteiger charge is 2.07. The average molecular weight is 344 g/mol. The van der Waals surface area contributed by atoms with E-state index < -0.39 is 0 Å². The zero-order valence-electron chi connectivity index (χ0n) is 14.8. The minimum absolute atomic E-state index is 0.0697. The summed E-state index contributed by atoms with van der Waals surface area (Å²) in [5.74, 6) is 1.97. The van der Waals surface area contributed by atoms with Crippen molar-refractivity contribution in [2.45, 2.75) is 13.0 Å². The first kappa shape index (κ1) is 18.6. The SMILES string of the molecule is COc1ccccc1CNCCC(=O)Nc1ccc(OC)c(OC)c1. The van der Waals surface area contributed by atoms with E-state index in [-0.39, 0.29) is 5.91 Å². The molecule has 25 heavy (non-hydrogen) atoms. The van der Waals surface area contributed by atoms with Crippen molar-refractivity contribution < 1.29 is 19.0 Å². The van der Waals surface area contributed by atoms with Crippen LogP contribution < -0.4 is 24.8 Å². The van der Waals surface area contributed by atoms with E-state index in [4.69, 9.17) is 14.2 Å². The number of methoxy groups -OCH3 is 3. The lowest BCUT2D eigenvalue weighted by atomic mass is 10.2. The van der Waals surface area contributed by atoms with Gasteiger partial charge in [-0.3, -0.25) is 4.79 Å². The van der Waals surface area contributed by atoms with Crippen molar-refractivity contribution in [3.63, 3.8) is 0 Å². The molecule has 0 atom stereocenters. The Hall–Kier alpha value is -2.73. The predicted octanol–water partition coefficient (Wildman–Crippen LogP) is 2.83. The van der Waals surface area contributed by atoms with Crippen molar-refractivity contribution in [3.8, 4) is 17.2 Å². The number of ether oxygens (including phenoxy) is 3. The third-order valence-electron chi connectivity index (χ3n) is 3.70. The Bertz CT molecular complexity index is 704. The van der Waals surface area contributed by atoms with Gasteiger partial charge < -0.3 is 24.8 Å². The third kappa shape index (κ3) is 5.39. The van der Waals surface area contributed by atoms with E-state index in [1.54, 1.807) is 39.5 Å². The van der Waals surface area contributed by atoms with Crippen molar-refractivity contribution in [1.82, 2.24) is 5.32 Å². The number of hydrogen-bond acceptors (Lipinski definition) is 5. The van der Waals surface area contributed by atoms with Crippen LogP contribution in [0.25, 0.3) is 0 Å². The zero-order valence-corrected chi connectivity index (χ0v) is 14.8. The van der Waals surface area contributed by atoms with Gasteiger partial charge in [-0.1, -0.05) is 18.2 Å². The number of para-hydroxylation sites is 1. The summed E-state index contributed by atoms with van der Waals surface area (Å²) in [6, 6.07) is 13.1. The molecule has 2 aromatic rings. The van der Waals surface area contributed by atoms with Crippen LogP contribution in [-0.4, -0.2) is 33.8 Å². The summed E-state index contributed by atoms with van der Waals surface area (Å²) in [5, 5.41) is 6.10. The van der Waals surface area contributed by atoms with Gasteiger partial charge >= 0.3 is 0 Å². The van der Waals surface area contributed by atoms with E-state index >= 15 is 0 Å². The quantitative estimate of drug-likeness (QED) is 0.685. The maximum absolute atomic E-state index is 12.1. The number of carbonyl (C=O) groups is 1. The fraction of sp³-hybridized carbons (Fsp3) is 0.316. The highest BCUT2D eigenvalue weighted by Crippen LogP contribution is 2.29. The first-order valence-electron chi connectivity index (χ1n) is 8.02. The van der Waals surface area contributed by atoms with Crippen LogP contribution in [0.15, 0.2) is 42.5 Å². The number of nitrogens with one attached hydrogen (secondary N) is 2. The number of rotatable bonds is 9. The van der Waals surface area contributed by atoms with Gasteiger partial charge in [-0.05, 0) is 18.2 Å². The second-order valence-corrected chi connectivity index (χ2v) is 5.36. The smallest absolute Gasteiger partial charge is 0.225 e. The Morgan fingerprint density at radius 3 is 2.36 bits per heavy atom. The number of carbonyl (C=O) groups excluding carboxylic acids is 1. The van der Waals surface area contributed by atoms with E-state index in [0.717, 1.165) is 11.3 Å². The van der Waals surface area contributed by atoms with Gasteiger partial charge in [-0.2, -0.15) is 0 Å². The Kier molecular flexibility index (Phi) is 7.10. The van der Waals surface area contributed by atoms with Crippen molar-refractivity contribution in [3.05, 3.63) is 48.0 Å². The van der Waals surface area contributed by atoms with Gasteiger partial charge in [0.25, 0.3) is 0 Å². The first-order valence-corrected chi connectivity index (χ1v) is 8.02. The molecule has 0 unspecified atom stereocenters. The first-order chi connectivity index (χ1) is 12.2. The van der Waals surface area contributed by atoms with Crippen LogP contribution in [0.5, 0.6) is 17.2 Å². The molecule has 0 aliphatic carbocycles. The van der Waals surface area contributed by atoms with E-state index in [9.17, 15) is 4.79 Å². The molecule has 0 heterocycles. The maximum Gasteiger partial charge on any atom is 0.225 e. The summed E-state index contributed by atoms with van der Waals surface area (Å²) in [4.78, 5) is 12.1. The molecular weight excluding hydrogens is 320 g/mol. The summed E-state index contributed by atoms with van der Waals surface area (Å²) in [6.07, 6.45) is 0.365. The summed E-state index contributed by atoms with van der Waals surface area (Å²) in [5.41, 5.74) is 1.73. The van der Waals surface area contributed by atoms with Crippen LogP contribution in [0.1, 0.15) is 12.0 Å². The predicted molar refractivity (Wildman–Crippen MR) is 97.5 cm³/mol. The fourth-order valence-electron chi connectivity index (χ4n) is 2.41. The highest BCUT2D eigenvalue weighted by molar-refractivity contribution is 5.91. The van der Waals surface area contributed by atoms with Crippen molar-refractivity contribution >= 4 is 11.6 Å². The number of hydrogen-bond donors (Lipinski definition) is 2. The Morgan fingerprint density at radius 1 is 0.920 bits per heavy atom. The van der Waals surface area contributed by atoms with E-state index in [1.807, 2.05) is 24.3 Å². The van der Waals surface area contributed by atoms with E-state index in [0.29, 0.717) is 36.7 Å². The molecule has 1 amide bonds. The molecule has 0 spiro atoms. The minimum Gasteiger partial charge on any atom is -0.496 e. The fourth-order valence-corrected chi connectivity index (χ4v) is 2.41. The lowest BCUT2D eigenvalue weighted by molar-refractivity contribution is -0.116. The molecular formula is C19H24N2O4. The van der Waals surface area contributed by atoms with Crippen molar-refractivity contribution in [2.24, 2.45) is 0 Å². The zero-order chi connectivity index (χ0) is 18.1. The summed E-state index contributed by atoms with van der Waals surface area (Å²) in [6.45, 7) is 1.21. The molecule has 0 saturated heterocycles. The molecule has 0 radical (unpaired) electrons.